The summed E-state index contributed by atoms with van der Waals surface area (Å²) in [6.45, 7) is 6.70. The predicted octanol–water partition coefficient (Wildman–Crippen LogP) is 2.04. The Morgan fingerprint density at radius 1 is 1.33 bits per heavy atom. The molecule has 21 heavy (non-hydrogen) atoms. The largest absolute Gasteiger partial charge is 0.481 e. The number of ether oxygens (including phenoxy) is 1. The molecule has 0 aromatic carbocycles. The first-order valence-electron chi connectivity index (χ1n) is 7.73. The Labute approximate surface area is 127 Å². The molecule has 1 heterocycles. The lowest BCUT2D eigenvalue weighted by Crippen LogP contribution is -2.47. The van der Waals surface area contributed by atoms with E-state index in [0.717, 1.165) is 25.8 Å². The van der Waals surface area contributed by atoms with Crippen molar-refractivity contribution in [1.82, 2.24) is 9.80 Å². The quantitative estimate of drug-likeness (QED) is 0.781. The molecule has 0 unspecified atom stereocenters. The maximum absolute atomic E-state index is 12.3. The summed E-state index contributed by atoms with van der Waals surface area (Å²) in [6, 6.07) is 0.0830. The van der Waals surface area contributed by atoms with Gasteiger partial charge < -0.3 is 19.6 Å². The molecular weight excluding hydrogens is 272 g/mol. The number of carboxylic acid groups (broad SMARTS) is 1. The number of hydrogen-bond acceptors (Lipinski definition) is 3. The van der Waals surface area contributed by atoms with Crippen LogP contribution in [0.5, 0.6) is 0 Å². The van der Waals surface area contributed by atoms with Crippen LogP contribution >= 0.6 is 0 Å². The SMILES string of the molecule is CC(C)CCN(C)C(=O)N1CCC(OCCC(=O)O)CC1. The molecular formula is C15H28N2O4. The van der Waals surface area contributed by atoms with E-state index >= 15 is 0 Å². The van der Waals surface area contributed by atoms with Crippen molar-refractivity contribution in [3.8, 4) is 0 Å². The van der Waals surface area contributed by atoms with E-state index in [-0.39, 0.29) is 25.2 Å². The Morgan fingerprint density at radius 3 is 2.48 bits per heavy atom. The first kappa shape index (κ1) is 17.8. The summed E-state index contributed by atoms with van der Waals surface area (Å²) in [5.74, 6) is -0.247. The lowest BCUT2D eigenvalue weighted by atomic mass is 10.1. The topological polar surface area (TPSA) is 70.1 Å². The van der Waals surface area contributed by atoms with Gasteiger partial charge in [0.05, 0.1) is 19.1 Å². The molecule has 0 saturated carbocycles. The van der Waals surface area contributed by atoms with Crippen LogP contribution in [-0.4, -0.2) is 66.3 Å². The van der Waals surface area contributed by atoms with Crippen molar-refractivity contribution < 1.29 is 19.4 Å². The minimum absolute atomic E-state index is 0.0388. The summed E-state index contributed by atoms with van der Waals surface area (Å²) in [7, 11) is 1.85. The molecule has 0 radical (unpaired) electrons. The van der Waals surface area contributed by atoms with Gasteiger partial charge in [0, 0.05) is 26.7 Å². The molecule has 1 aliphatic heterocycles. The van der Waals surface area contributed by atoms with Crippen LogP contribution in [0.3, 0.4) is 0 Å². The number of rotatable bonds is 7. The zero-order chi connectivity index (χ0) is 15.8. The molecule has 0 aromatic rings. The Hall–Kier alpha value is -1.30. The molecule has 6 heteroatoms. The van der Waals surface area contributed by atoms with Crippen molar-refractivity contribution >= 4 is 12.0 Å². The van der Waals surface area contributed by atoms with Crippen molar-refractivity contribution in [3.63, 3.8) is 0 Å². The second kappa shape index (κ2) is 8.87. The van der Waals surface area contributed by atoms with E-state index in [1.807, 2.05) is 11.9 Å². The second-order valence-electron chi connectivity index (χ2n) is 6.09. The summed E-state index contributed by atoms with van der Waals surface area (Å²) >= 11 is 0. The molecule has 122 valence electrons. The average Bonchev–Trinajstić information content (AvgIpc) is 2.44. The van der Waals surface area contributed by atoms with Gasteiger partial charge in [0.2, 0.25) is 0 Å². The normalized spacial score (nSPS) is 16.3. The fourth-order valence-corrected chi connectivity index (χ4v) is 2.32. The predicted molar refractivity (Wildman–Crippen MR) is 80.3 cm³/mol. The number of piperidine rings is 1. The Balaban J connectivity index is 2.25. The number of carbonyl (C=O) groups excluding carboxylic acids is 1. The van der Waals surface area contributed by atoms with Crippen molar-refractivity contribution in [2.24, 2.45) is 5.92 Å². The van der Waals surface area contributed by atoms with Gasteiger partial charge in [-0.05, 0) is 25.2 Å². The van der Waals surface area contributed by atoms with Gasteiger partial charge in [0.25, 0.3) is 0 Å². The maximum atomic E-state index is 12.3. The fraction of sp³-hybridized carbons (Fsp3) is 0.867. The van der Waals surface area contributed by atoms with E-state index in [4.69, 9.17) is 9.84 Å². The fourth-order valence-electron chi connectivity index (χ4n) is 2.32. The van der Waals surface area contributed by atoms with E-state index in [1.165, 1.54) is 0 Å². The van der Waals surface area contributed by atoms with Gasteiger partial charge in [0.1, 0.15) is 0 Å². The molecule has 1 rings (SSSR count). The van der Waals surface area contributed by atoms with Crippen LogP contribution in [0.25, 0.3) is 0 Å². The highest BCUT2D eigenvalue weighted by Crippen LogP contribution is 2.15. The molecule has 2 amide bonds. The number of carbonyl (C=O) groups is 2. The first-order valence-corrected chi connectivity index (χ1v) is 7.73. The second-order valence-corrected chi connectivity index (χ2v) is 6.09. The number of aliphatic carboxylic acids is 1. The van der Waals surface area contributed by atoms with Crippen LogP contribution in [0.2, 0.25) is 0 Å². The Bertz CT molecular complexity index is 339. The van der Waals surface area contributed by atoms with E-state index in [1.54, 1.807) is 4.90 Å². The lowest BCUT2D eigenvalue weighted by Gasteiger charge is -2.34. The molecule has 0 aromatic heterocycles. The summed E-state index contributed by atoms with van der Waals surface area (Å²) in [5.41, 5.74) is 0. The van der Waals surface area contributed by atoms with Crippen LogP contribution in [0, 0.1) is 5.92 Å². The smallest absolute Gasteiger partial charge is 0.319 e. The molecule has 6 nitrogen and oxygen atoms in total. The van der Waals surface area contributed by atoms with Crippen LogP contribution in [0.1, 0.15) is 39.5 Å². The molecule has 1 aliphatic rings. The number of nitrogens with zero attached hydrogens (tertiary/aromatic N) is 2. The number of amides is 2. The van der Waals surface area contributed by atoms with E-state index in [0.29, 0.717) is 19.0 Å². The van der Waals surface area contributed by atoms with Gasteiger partial charge >= 0.3 is 12.0 Å². The van der Waals surface area contributed by atoms with Crippen LogP contribution in [0.4, 0.5) is 4.79 Å². The zero-order valence-electron chi connectivity index (χ0n) is 13.4. The summed E-state index contributed by atoms with van der Waals surface area (Å²) in [4.78, 5) is 26.3. The van der Waals surface area contributed by atoms with Gasteiger partial charge in [-0.25, -0.2) is 4.79 Å². The molecule has 0 atom stereocenters. The minimum Gasteiger partial charge on any atom is -0.481 e. The third kappa shape index (κ3) is 6.80. The highest BCUT2D eigenvalue weighted by Gasteiger charge is 2.25. The zero-order valence-corrected chi connectivity index (χ0v) is 13.4. The molecule has 0 aliphatic carbocycles. The van der Waals surface area contributed by atoms with Gasteiger partial charge in [-0.3, -0.25) is 4.79 Å². The summed E-state index contributed by atoms with van der Waals surface area (Å²) < 4.78 is 5.53. The molecule has 1 N–H and O–H groups in total. The van der Waals surface area contributed by atoms with Gasteiger partial charge in [-0.1, -0.05) is 13.8 Å². The van der Waals surface area contributed by atoms with Gasteiger partial charge in [0.15, 0.2) is 0 Å². The van der Waals surface area contributed by atoms with Crippen molar-refractivity contribution in [3.05, 3.63) is 0 Å². The third-order valence-corrected chi connectivity index (χ3v) is 3.75. The average molecular weight is 300 g/mol. The van der Waals surface area contributed by atoms with Gasteiger partial charge in [-0.15, -0.1) is 0 Å². The molecule has 0 spiro atoms. The standard InChI is InChI=1S/C15H28N2O4/c1-12(2)4-8-16(3)15(20)17-9-5-13(6-10-17)21-11-7-14(18)19/h12-13H,4-11H2,1-3H3,(H,18,19). The van der Waals surface area contributed by atoms with E-state index in [2.05, 4.69) is 13.8 Å². The molecule has 1 saturated heterocycles. The van der Waals surface area contributed by atoms with Crippen LogP contribution in [-0.2, 0) is 9.53 Å². The third-order valence-electron chi connectivity index (χ3n) is 3.75. The van der Waals surface area contributed by atoms with Gasteiger partial charge in [-0.2, -0.15) is 0 Å². The maximum Gasteiger partial charge on any atom is 0.319 e. The first-order chi connectivity index (χ1) is 9.90. The number of urea groups is 1. The monoisotopic (exact) mass is 300 g/mol. The Morgan fingerprint density at radius 2 is 1.95 bits per heavy atom. The number of hydrogen-bond donors (Lipinski definition) is 1. The van der Waals surface area contributed by atoms with Crippen molar-refractivity contribution in [2.45, 2.75) is 45.6 Å². The molecule has 1 fully saturated rings. The van der Waals surface area contributed by atoms with Crippen LogP contribution < -0.4 is 0 Å². The number of likely N-dealkylation sites (tertiary alicyclic amines) is 1. The molecule has 0 bridgehead atoms. The van der Waals surface area contributed by atoms with E-state index in [9.17, 15) is 9.59 Å². The van der Waals surface area contributed by atoms with Crippen LogP contribution in [0.15, 0.2) is 0 Å². The summed E-state index contributed by atoms with van der Waals surface area (Å²) in [6.07, 6.45) is 2.69. The van der Waals surface area contributed by atoms with E-state index < -0.39 is 5.97 Å². The highest BCUT2D eigenvalue weighted by molar-refractivity contribution is 5.74. The minimum atomic E-state index is -0.839. The lowest BCUT2D eigenvalue weighted by molar-refractivity contribution is -0.138. The van der Waals surface area contributed by atoms with Crippen molar-refractivity contribution in [1.29, 1.82) is 0 Å². The summed E-state index contributed by atoms with van der Waals surface area (Å²) in [5, 5.41) is 8.57. The number of carboxylic acids is 1. The van der Waals surface area contributed by atoms with Crippen molar-refractivity contribution in [2.75, 3.05) is 33.3 Å². The Kier molecular flexibility index (Phi) is 7.50. The highest BCUT2D eigenvalue weighted by atomic mass is 16.5.